The van der Waals surface area contributed by atoms with Crippen LogP contribution in [-0.4, -0.2) is 25.0 Å². The molecular weight excluding hydrogens is 182 g/mol. The topological polar surface area (TPSA) is 55.4 Å². The van der Waals surface area contributed by atoms with Crippen LogP contribution in [0.2, 0.25) is 0 Å². The van der Waals surface area contributed by atoms with Gasteiger partial charge in [-0.1, -0.05) is 13.8 Å². The molecule has 0 heterocycles. The van der Waals surface area contributed by atoms with E-state index in [9.17, 15) is 9.59 Å². The molecule has 1 rings (SSSR count). The first-order valence-corrected chi connectivity index (χ1v) is 4.95. The van der Waals surface area contributed by atoms with Crippen LogP contribution in [0.3, 0.4) is 0 Å². The van der Waals surface area contributed by atoms with Gasteiger partial charge >= 0.3 is 11.9 Å². The Kier molecular flexibility index (Phi) is 3.49. The summed E-state index contributed by atoms with van der Waals surface area (Å²) < 4.78 is 4.33. The van der Waals surface area contributed by atoms with Crippen molar-refractivity contribution in [3.63, 3.8) is 0 Å². The molecule has 4 heteroatoms. The van der Waals surface area contributed by atoms with E-state index in [-0.39, 0.29) is 6.04 Å². The Bertz CT molecular complexity index is 240. The van der Waals surface area contributed by atoms with E-state index in [1.54, 1.807) is 0 Å². The number of hydrogen-bond acceptors (Lipinski definition) is 3. The van der Waals surface area contributed by atoms with Gasteiger partial charge in [-0.25, -0.2) is 4.79 Å². The van der Waals surface area contributed by atoms with Crippen molar-refractivity contribution in [2.24, 2.45) is 11.8 Å². The molecule has 1 aliphatic carbocycles. The molecular formula is C10H17NO3. The van der Waals surface area contributed by atoms with Crippen LogP contribution < -0.4 is 5.32 Å². The monoisotopic (exact) mass is 199 g/mol. The summed E-state index contributed by atoms with van der Waals surface area (Å²) in [4.78, 5) is 22.1. The summed E-state index contributed by atoms with van der Waals surface area (Å²) in [6.45, 7) is 4.26. The minimum atomic E-state index is -0.809. The highest BCUT2D eigenvalue weighted by atomic mass is 16.5. The number of hydrogen-bond donors (Lipinski definition) is 1. The fourth-order valence-corrected chi connectivity index (χ4v) is 1.89. The van der Waals surface area contributed by atoms with Crippen LogP contribution in [0.15, 0.2) is 0 Å². The average molecular weight is 199 g/mol. The van der Waals surface area contributed by atoms with E-state index in [4.69, 9.17) is 0 Å². The molecule has 0 aromatic heterocycles. The molecule has 0 saturated heterocycles. The van der Waals surface area contributed by atoms with Crippen LogP contribution in [-0.2, 0) is 14.3 Å². The molecule has 3 unspecified atom stereocenters. The Morgan fingerprint density at radius 3 is 2.36 bits per heavy atom. The summed E-state index contributed by atoms with van der Waals surface area (Å²) in [6.07, 6.45) is 2.05. The van der Waals surface area contributed by atoms with Gasteiger partial charge in [0, 0.05) is 6.04 Å². The Morgan fingerprint density at radius 2 is 1.93 bits per heavy atom. The molecule has 0 radical (unpaired) electrons. The number of methoxy groups -OCH3 is 1. The van der Waals surface area contributed by atoms with Crippen LogP contribution in [0.5, 0.6) is 0 Å². The summed E-state index contributed by atoms with van der Waals surface area (Å²) in [5, 5.41) is 2.70. The lowest BCUT2D eigenvalue weighted by atomic mass is 9.98. The number of rotatable bonds is 1. The van der Waals surface area contributed by atoms with Crippen LogP contribution in [0.25, 0.3) is 0 Å². The fourth-order valence-electron chi connectivity index (χ4n) is 1.89. The quantitative estimate of drug-likeness (QED) is 0.500. The second-order valence-electron chi connectivity index (χ2n) is 3.99. The summed E-state index contributed by atoms with van der Waals surface area (Å²) in [5.41, 5.74) is 0. The van der Waals surface area contributed by atoms with Crippen LogP contribution >= 0.6 is 0 Å². The number of amides is 1. The van der Waals surface area contributed by atoms with Crippen molar-refractivity contribution in [2.75, 3.05) is 7.11 Å². The van der Waals surface area contributed by atoms with Crippen molar-refractivity contribution in [1.82, 2.24) is 5.32 Å². The SMILES string of the molecule is COC(=O)C(=O)NC1CCC(C)C1C. The maximum atomic E-state index is 11.2. The average Bonchev–Trinajstić information content (AvgIpc) is 2.48. The number of ether oxygens (including phenoxy) is 1. The van der Waals surface area contributed by atoms with Gasteiger partial charge in [-0.3, -0.25) is 4.79 Å². The van der Waals surface area contributed by atoms with E-state index in [1.165, 1.54) is 7.11 Å². The fraction of sp³-hybridized carbons (Fsp3) is 0.800. The van der Waals surface area contributed by atoms with Gasteiger partial charge in [-0.05, 0) is 24.7 Å². The van der Waals surface area contributed by atoms with Gasteiger partial charge in [-0.2, -0.15) is 0 Å². The maximum Gasteiger partial charge on any atom is 0.396 e. The van der Waals surface area contributed by atoms with Crippen molar-refractivity contribution in [3.8, 4) is 0 Å². The van der Waals surface area contributed by atoms with Gasteiger partial charge in [0.25, 0.3) is 0 Å². The molecule has 4 nitrogen and oxygen atoms in total. The van der Waals surface area contributed by atoms with Crippen LogP contribution in [0.4, 0.5) is 0 Å². The molecule has 1 N–H and O–H groups in total. The lowest BCUT2D eigenvalue weighted by Gasteiger charge is -2.18. The first kappa shape index (κ1) is 11.0. The third-order valence-electron chi connectivity index (χ3n) is 3.15. The van der Waals surface area contributed by atoms with Crippen LogP contribution in [0, 0.1) is 11.8 Å². The largest absolute Gasteiger partial charge is 0.462 e. The summed E-state index contributed by atoms with van der Waals surface area (Å²) in [5.74, 6) is -0.392. The van der Waals surface area contributed by atoms with E-state index in [0.717, 1.165) is 12.8 Å². The van der Waals surface area contributed by atoms with E-state index in [1.807, 2.05) is 0 Å². The lowest BCUT2D eigenvalue weighted by molar-refractivity contribution is -0.153. The van der Waals surface area contributed by atoms with Crippen molar-refractivity contribution in [3.05, 3.63) is 0 Å². The van der Waals surface area contributed by atoms with Crippen molar-refractivity contribution < 1.29 is 14.3 Å². The highest BCUT2D eigenvalue weighted by molar-refractivity contribution is 6.32. The summed E-state index contributed by atoms with van der Waals surface area (Å²) in [6, 6.07) is 0.122. The van der Waals surface area contributed by atoms with Crippen molar-refractivity contribution in [2.45, 2.75) is 32.7 Å². The van der Waals surface area contributed by atoms with Crippen molar-refractivity contribution >= 4 is 11.9 Å². The highest BCUT2D eigenvalue weighted by Crippen LogP contribution is 2.30. The van der Waals surface area contributed by atoms with Crippen LogP contribution in [0.1, 0.15) is 26.7 Å². The van der Waals surface area contributed by atoms with Gasteiger partial charge in [0.2, 0.25) is 0 Å². The van der Waals surface area contributed by atoms with Gasteiger partial charge in [0.1, 0.15) is 0 Å². The van der Waals surface area contributed by atoms with Gasteiger partial charge in [0.15, 0.2) is 0 Å². The molecule has 3 atom stereocenters. The Labute approximate surface area is 84.0 Å². The zero-order valence-corrected chi connectivity index (χ0v) is 8.87. The number of esters is 1. The standard InChI is InChI=1S/C10H17NO3/c1-6-4-5-8(7(6)2)11-9(12)10(13)14-3/h6-8H,4-5H2,1-3H3,(H,11,12). The Balaban J connectivity index is 2.45. The zero-order chi connectivity index (χ0) is 10.7. The molecule has 80 valence electrons. The molecule has 1 amide bonds. The molecule has 1 aliphatic rings. The van der Waals surface area contributed by atoms with Gasteiger partial charge < -0.3 is 10.1 Å². The number of carbonyl (C=O) groups excluding carboxylic acids is 2. The molecule has 0 aliphatic heterocycles. The number of carbonyl (C=O) groups is 2. The summed E-state index contributed by atoms with van der Waals surface area (Å²) in [7, 11) is 1.21. The predicted molar refractivity (Wildman–Crippen MR) is 51.5 cm³/mol. The number of nitrogens with one attached hydrogen (secondary N) is 1. The third-order valence-corrected chi connectivity index (χ3v) is 3.15. The van der Waals surface area contributed by atoms with E-state index >= 15 is 0 Å². The molecule has 14 heavy (non-hydrogen) atoms. The first-order chi connectivity index (χ1) is 6.56. The van der Waals surface area contributed by atoms with Crippen molar-refractivity contribution in [1.29, 1.82) is 0 Å². The Morgan fingerprint density at radius 1 is 1.29 bits per heavy atom. The minimum absolute atomic E-state index is 0.122. The molecule has 1 fully saturated rings. The second kappa shape index (κ2) is 4.44. The smallest absolute Gasteiger partial charge is 0.396 e. The summed E-state index contributed by atoms with van der Waals surface area (Å²) >= 11 is 0. The van der Waals surface area contributed by atoms with E-state index in [2.05, 4.69) is 23.9 Å². The predicted octanol–water partition coefficient (Wildman–Crippen LogP) is 0.710. The molecule has 0 bridgehead atoms. The molecule has 0 spiro atoms. The molecule has 0 aromatic carbocycles. The van der Waals surface area contributed by atoms with Gasteiger partial charge in [0.05, 0.1) is 7.11 Å². The zero-order valence-electron chi connectivity index (χ0n) is 8.87. The third kappa shape index (κ3) is 2.25. The highest BCUT2D eigenvalue weighted by Gasteiger charge is 2.32. The first-order valence-electron chi connectivity index (χ1n) is 4.95. The molecule has 1 saturated carbocycles. The maximum absolute atomic E-state index is 11.2. The lowest BCUT2D eigenvalue weighted by Crippen LogP contribution is -2.41. The molecule has 0 aromatic rings. The van der Waals surface area contributed by atoms with Gasteiger partial charge in [-0.15, -0.1) is 0 Å². The Hall–Kier alpha value is -1.06. The van der Waals surface area contributed by atoms with E-state index < -0.39 is 11.9 Å². The second-order valence-corrected chi connectivity index (χ2v) is 3.99. The van der Waals surface area contributed by atoms with E-state index in [0.29, 0.717) is 11.8 Å². The normalized spacial score (nSPS) is 31.2. The minimum Gasteiger partial charge on any atom is -0.462 e.